The van der Waals surface area contributed by atoms with Crippen molar-refractivity contribution in [2.24, 2.45) is 5.92 Å². The molecule has 1 amide bonds. The van der Waals surface area contributed by atoms with Crippen molar-refractivity contribution in [3.8, 4) is 11.5 Å². The maximum absolute atomic E-state index is 12.6. The molecule has 1 aliphatic heterocycles. The molecule has 4 rings (SSSR count). The lowest BCUT2D eigenvalue weighted by Crippen LogP contribution is -2.41. The van der Waals surface area contributed by atoms with Crippen LogP contribution in [0.15, 0.2) is 59.2 Å². The Morgan fingerprint density at radius 3 is 2.85 bits per heavy atom. The number of carbonyl (C=O) groups is 1. The second-order valence-electron chi connectivity index (χ2n) is 6.54. The molecule has 7 heteroatoms. The maximum atomic E-state index is 12.6. The van der Waals surface area contributed by atoms with Gasteiger partial charge in [-0.3, -0.25) is 4.79 Å². The van der Waals surface area contributed by atoms with Crippen LogP contribution < -0.4 is 10.2 Å². The van der Waals surface area contributed by atoms with E-state index in [-0.39, 0.29) is 11.8 Å². The number of carbonyl (C=O) groups excluding carboxylic acids is 1. The fraction of sp³-hybridized carbons (Fsp3) is 0.250. The van der Waals surface area contributed by atoms with E-state index in [9.17, 15) is 4.79 Å². The van der Waals surface area contributed by atoms with E-state index in [1.54, 1.807) is 18.4 Å². The molecule has 0 radical (unpaired) electrons. The first kappa shape index (κ1) is 17.5. The molecular formula is C20H19ClN4O2. The van der Waals surface area contributed by atoms with Gasteiger partial charge in [0.25, 0.3) is 0 Å². The zero-order chi connectivity index (χ0) is 18.6. The number of hydrogen-bond donors (Lipinski definition) is 1. The summed E-state index contributed by atoms with van der Waals surface area (Å²) in [4.78, 5) is 14.7. The fourth-order valence-corrected chi connectivity index (χ4v) is 3.45. The fourth-order valence-electron chi connectivity index (χ4n) is 3.26. The van der Waals surface area contributed by atoms with Crippen LogP contribution in [0.5, 0.6) is 0 Å². The van der Waals surface area contributed by atoms with Crippen molar-refractivity contribution in [3.63, 3.8) is 0 Å². The summed E-state index contributed by atoms with van der Waals surface area (Å²) in [6.07, 6.45) is 3.38. The topological polar surface area (TPSA) is 71.3 Å². The number of furan rings is 1. The van der Waals surface area contributed by atoms with Crippen molar-refractivity contribution < 1.29 is 9.21 Å². The van der Waals surface area contributed by atoms with Gasteiger partial charge in [-0.15, -0.1) is 10.2 Å². The van der Waals surface area contributed by atoms with E-state index in [0.29, 0.717) is 28.7 Å². The zero-order valence-electron chi connectivity index (χ0n) is 14.6. The summed E-state index contributed by atoms with van der Waals surface area (Å²) in [5.41, 5.74) is 1.41. The minimum absolute atomic E-state index is 0.00197. The van der Waals surface area contributed by atoms with Crippen LogP contribution in [0.1, 0.15) is 12.8 Å². The van der Waals surface area contributed by atoms with E-state index in [0.717, 1.165) is 25.2 Å². The van der Waals surface area contributed by atoms with Crippen LogP contribution in [-0.2, 0) is 4.79 Å². The molecule has 1 aliphatic rings. The van der Waals surface area contributed by atoms with E-state index in [4.69, 9.17) is 16.0 Å². The van der Waals surface area contributed by atoms with Crippen LogP contribution in [0.25, 0.3) is 11.5 Å². The van der Waals surface area contributed by atoms with Crippen LogP contribution in [-0.4, -0.2) is 29.2 Å². The number of amides is 1. The number of hydrogen-bond acceptors (Lipinski definition) is 5. The number of nitrogens with zero attached hydrogens (tertiary/aromatic N) is 3. The number of halogens is 1. The molecule has 0 spiro atoms. The summed E-state index contributed by atoms with van der Waals surface area (Å²) < 4.78 is 5.34. The molecule has 1 fully saturated rings. The van der Waals surface area contributed by atoms with Crippen molar-refractivity contribution in [1.29, 1.82) is 0 Å². The largest absolute Gasteiger partial charge is 0.463 e. The highest BCUT2D eigenvalue weighted by molar-refractivity contribution is 6.30. The van der Waals surface area contributed by atoms with Gasteiger partial charge in [-0.2, -0.15) is 0 Å². The smallest absolute Gasteiger partial charge is 0.229 e. The van der Waals surface area contributed by atoms with E-state index >= 15 is 0 Å². The summed E-state index contributed by atoms with van der Waals surface area (Å²) in [6.45, 7) is 1.47. The number of anilines is 2. The number of piperidine rings is 1. The number of rotatable bonds is 4. The molecule has 1 aromatic carbocycles. The second-order valence-corrected chi connectivity index (χ2v) is 6.98. The Morgan fingerprint density at radius 2 is 2.11 bits per heavy atom. The standard InChI is InChI=1S/C20H19ClN4O2/c21-15-5-1-6-16(12-15)22-20(26)14-4-2-10-25(13-14)19-9-8-17(23-24-19)18-7-3-11-27-18/h1,3,5-9,11-12,14H,2,4,10,13H2,(H,22,26). The van der Waals surface area contributed by atoms with E-state index < -0.39 is 0 Å². The average molecular weight is 383 g/mol. The highest BCUT2D eigenvalue weighted by Crippen LogP contribution is 2.25. The van der Waals surface area contributed by atoms with Crippen molar-refractivity contribution in [2.75, 3.05) is 23.3 Å². The van der Waals surface area contributed by atoms with Gasteiger partial charge in [0.15, 0.2) is 11.6 Å². The van der Waals surface area contributed by atoms with Crippen LogP contribution in [0, 0.1) is 5.92 Å². The molecule has 1 unspecified atom stereocenters. The quantitative estimate of drug-likeness (QED) is 0.730. The first-order valence-corrected chi connectivity index (χ1v) is 9.26. The zero-order valence-corrected chi connectivity index (χ0v) is 15.4. The van der Waals surface area contributed by atoms with Gasteiger partial charge in [0, 0.05) is 23.8 Å². The minimum atomic E-state index is -0.107. The van der Waals surface area contributed by atoms with Crippen LogP contribution >= 0.6 is 11.6 Å². The molecule has 1 atom stereocenters. The first-order chi connectivity index (χ1) is 13.2. The average Bonchev–Trinajstić information content (AvgIpc) is 3.23. The number of benzene rings is 1. The Morgan fingerprint density at radius 1 is 1.19 bits per heavy atom. The van der Waals surface area contributed by atoms with Gasteiger partial charge >= 0.3 is 0 Å². The van der Waals surface area contributed by atoms with Crippen molar-refractivity contribution >= 4 is 29.0 Å². The summed E-state index contributed by atoms with van der Waals surface area (Å²) in [5.74, 6) is 1.35. The molecule has 138 valence electrons. The molecule has 6 nitrogen and oxygen atoms in total. The first-order valence-electron chi connectivity index (χ1n) is 8.88. The van der Waals surface area contributed by atoms with Gasteiger partial charge in [-0.25, -0.2) is 0 Å². The molecule has 1 N–H and O–H groups in total. The number of nitrogens with one attached hydrogen (secondary N) is 1. The Balaban J connectivity index is 1.42. The summed E-state index contributed by atoms with van der Waals surface area (Å²) in [5, 5.41) is 12.1. The lowest BCUT2D eigenvalue weighted by molar-refractivity contribution is -0.120. The normalized spacial score (nSPS) is 16.9. The minimum Gasteiger partial charge on any atom is -0.463 e. The second kappa shape index (κ2) is 7.80. The molecule has 0 bridgehead atoms. The van der Waals surface area contributed by atoms with E-state index in [2.05, 4.69) is 20.4 Å². The van der Waals surface area contributed by atoms with E-state index in [1.807, 2.05) is 36.4 Å². The third kappa shape index (κ3) is 4.11. The third-order valence-corrected chi connectivity index (χ3v) is 4.87. The monoisotopic (exact) mass is 382 g/mol. The highest BCUT2D eigenvalue weighted by atomic mass is 35.5. The highest BCUT2D eigenvalue weighted by Gasteiger charge is 2.27. The molecular weight excluding hydrogens is 364 g/mol. The summed E-state index contributed by atoms with van der Waals surface area (Å²) in [7, 11) is 0. The van der Waals surface area contributed by atoms with Gasteiger partial charge in [-0.05, 0) is 55.3 Å². The molecule has 0 aliphatic carbocycles. The van der Waals surface area contributed by atoms with Crippen LogP contribution in [0.2, 0.25) is 5.02 Å². The Bertz CT molecular complexity index is 912. The van der Waals surface area contributed by atoms with Crippen molar-refractivity contribution in [3.05, 3.63) is 59.8 Å². The van der Waals surface area contributed by atoms with Gasteiger partial charge < -0.3 is 14.6 Å². The molecule has 0 saturated carbocycles. The van der Waals surface area contributed by atoms with Gasteiger partial charge in [0.05, 0.1) is 12.2 Å². The SMILES string of the molecule is O=C(Nc1cccc(Cl)c1)C1CCCN(c2ccc(-c3ccco3)nn2)C1. The molecule has 3 aromatic rings. The van der Waals surface area contributed by atoms with Gasteiger partial charge in [0.2, 0.25) is 5.91 Å². The lowest BCUT2D eigenvalue weighted by Gasteiger charge is -2.32. The number of aromatic nitrogens is 2. The summed E-state index contributed by atoms with van der Waals surface area (Å²) >= 11 is 5.99. The third-order valence-electron chi connectivity index (χ3n) is 4.63. The Kier molecular flexibility index (Phi) is 5.07. The van der Waals surface area contributed by atoms with Crippen molar-refractivity contribution in [1.82, 2.24) is 10.2 Å². The predicted molar refractivity (Wildman–Crippen MR) is 105 cm³/mol. The van der Waals surface area contributed by atoms with Crippen molar-refractivity contribution in [2.45, 2.75) is 12.8 Å². The maximum Gasteiger partial charge on any atom is 0.229 e. The molecule has 1 saturated heterocycles. The molecule has 27 heavy (non-hydrogen) atoms. The van der Waals surface area contributed by atoms with E-state index in [1.165, 1.54) is 0 Å². The predicted octanol–water partition coefficient (Wildman–Crippen LogP) is 4.25. The summed E-state index contributed by atoms with van der Waals surface area (Å²) in [6, 6.07) is 14.7. The van der Waals surface area contributed by atoms with Crippen LogP contribution in [0.4, 0.5) is 11.5 Å². The van der Waals surface area contributed by atoms with Crippen LogP contribution in [0.3, 0.4) is 0 Å². The Labute approximate surface area is 162 Å². The Hall–Kier alpha value is -2.86. The molecule has 3 heterocycles. The lowest BCUT2D eigenvalue weighted by atomic mass is 9.97. The van der Waals surface area contributed by atoms with Gasteiger partial charge in [-0.1, -0.05) is 17.7 Å². The van der Waals surface area contributed by atoms with Gasteiger partial charge in [0.1, 0.15) is 5.69 Å². The molecule has 2 aromatic heterocycles.